The Morgan fingerprint density at radius 3 is 2.76 bits per heavy atom. The topological polar surface area (TPSA) is 84.7 Å². The lowest BCUT2D eigenvalue weighted by molar-refractivity contribution is -0.137. The van der Waals surface area contributed by atoms with Crippen LogP contribution in [0.1, 0.15) is 32.6 Å². The first-order chi connectivity index (χ1) is 9.62. The van der Waals surface area contributed by atoms with Crippen LogP contribution >= 0.6 is 12.4 Å². The van der Waals surface area contributed by atoms with E-state index in [2.05, 4.69) is 5.32 Å². The zero-order valence-corrected chi connectivity index (χ0v) is 13.8. The van der Waals surface area contributed by atoms with Gasteiger partial charge in [0.1, 0.15) is 0 Å². The predicted octanol–water partition coefficient (Wildman–Crippen LogP) is 0.537. The molecule has 2 atom stereocenters. The molecule has 21 heavy (non-hydrogen) atoms. The molecule has 2 unspecified atom stereocenters. The molecule has 2 amide bonds. The van der Waals surface area contributed by atoms with Crippen LogP contribution in [0.15, 0.2) is 0 Å². The van der Waals surface area contributed by atoms with Gasteiger partial charge in [0, 0.05) is 33.3 Å². The van der Waals surface area contributed by atoms with Gasteiger partial charge in [-0.3, -0.25) is 9.59 Å². The van der Waals surface area contributed by atoms with Crippen LogP contribution in [-0.4, -0.2) is 56.1 Å². The molecule has 0 aromatic rings. The van der Waals surface area contributed by atoms with Gasteiger partial charge in [-0.05, 0) is 19.3 Å². The molecule has 1 aliphatic heterocycles. The summed E-state index contributed by atoms with van der Waals surface area (Å²) in [4.78, 5) is 25.9. The van der Waals surface area contributed by atoms with Gasteiger partial charge in [-0.15, -0.1) is 12.4 Å². The highest BCUT2D eigenvalue weighted by atomic mass is 35.5. The Labute approximate surface area is 133 Å². The van der Waals surface area contributed by atoms with E-state index in [1.54, 1.807) is 12.0 Å². The van der Waals surface area contributed by atoms with Crippen molar-refractivity contribution >= 4 is 24.2 Å². The fourth-order valence-corrected chi connectivity index (χ4v) is 2.40. The Hall–Kier alpha value is -0.850. The van der Waals surface area contributed by atoms with Crippen molar-refractivity contribution in [3.05, 3.63) is 0 Å². The van der Waals surface area contributed by atoms with E-state index in [0.717, 1.165) is 25.8 Å². The molecule has 1 heterocycles. The van der Waals surface area contributed by atoms with Gasteiger partial charge in [-0.1, -0.05) is 6.92 Å². The number of piperidine rings is 1. The summed E-state index contributed by atoms with van der Waals surface area (Å²) in [5, 5.41) is 2.90. The number of ether oxygens (including phenoxy) is 1. The number of halogens is 1. The van der Waals surface area contributed by atoms with Crippen LogP contribution in [0.3, 0.4) is 0 Å². The minimum Gasteiger partial charge on any atom is -0.380 e. The van der Waals surface area contributed by atoms with Crippen LogP contribution < -0.4 is 11.1 Å². The largest absolute Gasteiger partial charge is 0.380 e. The summed E-state index contributed by atoms with van der Waals surface area (Å²) in [7, 11) is 1.56. The summed E-state index contributed by atoms with van der Waals surface area (Å²) >= 11 is 0. The zero-order valence-electron chi connectivity index (χ0n) is 13.0. The summed E-state index contributed by atoms with van der Waals surface area (Å²) in [6.45, 7) is 4.28. The van der Waals surface area contributed by atoms with Crippen molar-refractivity contribution in [2.45, 2.75) is 38.7 Å². The van der Waals surface area contributed by atoms with Gasteiger partial charge in [-0.25, -0.2) is 0 Å². The van der Waals surface area contributed by atoms with E-state index in [-0.39, 0.29) is 42.7 Å². The molecule has 3 N–H and O–H groups in total. The lowest BCUT2D eigenvalue weighted by Gasteiger charge is -2.32. The summed E-state index contributed by atoms with van der Waals surface area (Å²) in [5.74, 6) is -0.000112. The van der Waals surface area contributed by atoms with Crippen molar-refractivity contribution in [2.24, 2.45) is 11.7 Å². The lowest BCUT2D eigenvalue weighted by Crippen LogP contribution is -2.46. The molecule has 0 aromatic carbocycles. The fourth-order valence-electron chi connectivity index (χ4n) is 2.40. The highest BCUT2D eigenvalue weighted by Crippen LogP contribution is 2.18. The molecule has 0 spiro atoms. The maximum atomic E-state index is 12.2. The molecule has 7 heteroatoms. The van der Waals surface area contributed by atoms with Crippen molar-refractivity contribution in [1.82, 2.24) is 10.2 Å². The van der Waals surface area contributed by atoms with Crippen LogP contribution in [-0.2, 0) is 14.3 Å². The number of hydrogen-bond acceptors (Lipinski definition) is 4. The van der Waals surface area contributed by atoms with Crippen molar-refractivity contribution in [3.8, 4) is 0 Å². The number of amides is 2. The first-order valence-electron chi connectivity index (χ1n) is 7.40. The van der Waals surface area contributed by atoms with E-state index < -0.39 is 0 Å². The first kappa shape index (κ1) is 20.1. The second-order valence-corrected chi connectivity index (χ2v) is 5.27. The molecular weight excluding hydrogens is 294 g/mol. The normalized spacial score (nSPS) is 19.6. The average Bonchev–Trinajstić information content (AvgIpc) is 2.50. The number of nitrogens with one attached hydrogen (secondary N) is 1. The second kappa shape index (κ2) is 10.8. The molecule has 0 aromatic heterocycles. The number of carbonyl (C=O) groups excluding carboxylic acids is 2. The SMILES string of the molecule is CCCNC(=O)C1CCCN(C(=O)CC(CN)OC)C1.Cl. The van der Waals surface area contributed by atoms with Gasteiger partial charge in [0.15, 0.2) is 0 Å². The number of rotatable bonds is 7. The molecule has 6 nitrogen and oxygen atoms in total. The number of nitrogens with zero attached hydrogens (tertiary/aromatic N) is 1. The van der Waals surface area contributed by atoms with Gasteiger partial charge in [0.25, 0.3) is 0 Å². The van der Waals surface area contributed by atoms with Crippen molar-refractivity contribution in [1.29, 1.82) is 0 Å². The Bertz CT molecular complexity index is 325. The molecular formula is C14H28ClN3O3. The summed E-state index contributed by atoms with van der Waals surface area (Å²) in [6, 6.07) is 0. The van der Waals surface area contributed by atoms with E-state index in [9.17, 15) is 9.59 Å². The maximum Gasteiger partial charge on any atom is 0.225 e. The Balaban J connectivity index is 0.00000400. The van der Waals surface area contributed by atoms with Gasteiger partial charge < -0.3 is 20.7 Å². The third-order valence-electron chi connectivity index (χ3n) is 3.69. The first-order valence-corrected chi connectivity index (χ1v) is 7.40. The molecule has 1 aliphatic rings. The van der Waals surface area contributed by atoms with E-state index in [1.165, 1.54) is 0 Å². The molecule has 1 fully saturated rings. The van der Waals surface area contributed by atoms with Crippen molar-refractivity contribution in [3.63, 3.8) is 0 Å². The summed E-state index contributed by atoms with van der Waals surface area (Å²) in [5.41, 5.74) is 5.53. The van der Waals surface area contributed by atoms with Crippen LogP contribution in [0.4, 0.5) is 0 Å². The minimum atomic E-state index is -0.239. The van der Waals surface area contributed by atoms with Crippen molar-refractivity contribution in [2.75, 3.05) is 33.3 Å². The highest BCUT2D eigenvalue weighted by Gasteiger charge is 2.28. The number of carbonyl (C=O) groups is 2. The van der Waals surface area contributed by atoms with Crippen LogP contribution in [0, 0.1) is 5.92 Å². The smallest absolute Gasteiger partial charge is 0.225 e. The Morgan fingerprint density at radius 2 is 2.19 bits per heavy atom. The van der Waals surface area contributed by atoms with Gasteiger partial charge >= 0.3 is 0 Å². The number of hydrogen-bond donors (Lipinski definition) is 2. The lowest BCUT2D eigenvalue weighted by atomic mass is 9.96. The average molecular weight is 322 g/mol. The molecule has 1 rings (SSSR count). The second-order valence-electron chi connectivity index (χ2n) is 5.27. The Kier molecular flexibility index (Phi) is 10.4. The number of methoxy groups -OCH3 is 1. The van der Waals surface area contributed by atoms with Gasteiger partial charge in [0.2, 0.25) is 11.8 Å². The number of nitrogens with two attached hydrogens (primary N) is 1. The van der Waals surface area contributed by atoms with Crippen molar-refractivity contribution < 1.29 is 14.3 Å². The molecule has 1 saturated heterocycles. The fraction of sp³-hybridized carbons (Fsp3) is 0.857. The van der Waals surface area contributed by atoms with Crippen LogP contribution in [0.25, 0.3) is 0 Å². The quantitative estimate of drug-likeness (QED) is 0.716. The molecule has 124 valence electrons. The zero-order chi connectivity index (χ0) is 15.0. The summed E-state index contributed by atoms with van der Waals surface area (Å²) in [6.07, 6.45) is 2.70. The van der Waals surface area contributed by atoms with E-state index >= 15 is 0 Å². The monoisotopic (exact) mass is 321 g/mol. The highest BCUT2D eigenvalue weighted by molar-refractivity contribution is 5.85. The molecule has 0 bridgehead atoms. The molecule has 0 saturated carbocycles. The Morgan fingerprint density at radius 1 is 1.48 bits per heavy atom. The van der Waals surface area contributed by atoms with E-state index in [4.69, 9.17) is 10.5 Å². The van der Waals surface area contributed by atoms with E-state index in [0.29, 0.717) is 19.6 Å². The molecule has 0 radical (unpaired) electrons. The maximum absolute atomic E-state index is 12.2. The third-order valence-corrected chi connectivity index (χ3v) is 3.69. The van der Waals surface area contributed by atoms with Crippen LogP contribution in [0.5, 0.6) is 0 Å². The summed E-state index contributed by atoms with van der Waals surface area (Å²) < 4.78 is 5.14. The minimum absolute atomic E-state index is 0. The van der Waals surface area contributed by atoms with Gasteiger partial charge in [-0.2, -0.15) is 0 Å². The number of likely N-dealkylation sites (tertiary alicyclic amines) is 1. The van der Waals surface area contributed by atoms with E-state index in [1.807, 2.05) is 6.92 Å². The van der Waals surface area contributed by atoms with Crippen LogP contribution in [0.2, 0.25) is 0 Å². The van der Waals surface area contributed by atoms with Gasteiger partial charge in [0.05, 0.1) is 18.4 Å². The standard InChI is InChI=1S/C14H27N3O3.ClH/c1-3-6-16-14(19)11-5-4-7-17(10-11)13(18)8-12(9-15)20-2;/h11-12H,3-10,15H2,1-2H3,(H,16,19);1H. The predicted molar refractivity (Wildman–Crippen MR) is 84.3 cm³/mol. The molecule has 0 aliphatic carbocycles. The third kappa shape index (κ3) is 6.63.